The van der Waals surface area contributed by atoms with Gasteiger partial charge in [0.2, 0.25) is 17.0 Å². The van der Waals surface area contributed by atoms with E-state index in [-0.39, 0.29) is 37.6 Å². The zero-order valence-corrected chi connectivity index (χ0v) is 21.6. The Morgan fingerprint density at radius 1 is 1.11 bits per heavy atom. The molecule has 3 atom stereocenters. The summed E-state index contributed by atoms with van der Waals surface area (Å²) >= 11 is 1.50. The van der Waals surface area contributed by atoms with E-state index in [4.69, 9.17) is 14.7 Å². The summed E-state index contributed by atoms with van der Waals surface area (Å²) in [4.78, 5) is 23.5. The van der Waals surface area contributed by atoms with E-state index < -0.39 is 12.2 Å². The van der Waals surface area contributed by atoms with Gasteiger partial charge in [-0.15, -0.1) is 5.10 Å². The third kappa shape index (κ3) is 7.58. The molecule has 13 heteroatoms. The van der Waals surface area contributed by atoms with Gasteiger partial charge in [-0.05, 0) is 40.1 Å². The Kier molecular flexibility index (Phi) is 9.79. The van der Waals surface area contributed by atoms with Crippen LogP contribution in [0.25, 0.3) is 0 Å². The van der Waals surface area contributed by atoms with Gasteiger partial charge < -0.3 is 19.9 Å². The molecule has 2 amide bonds. The molecule has 0 radical (unpaired) electrons. The van der Waals surface area contributed by atoms with E-state index in [1.165, 1.54) is 11.8 Å². The molecule has 2 aromatic carbocycles. The molecule has 0 aliphatic carbocycles. The highest BCUT2D eigenvalue weighted by Gasteiger charge is 2.32. The van der Waals surface area contributed by atoms with Gasteiger partial charge in [0.1, 0.15) is 0 Å². The van der Waals surface area contributed by atoms with E-state index in [9.17, 15) is 14.7 Å². The van der Waals surface area contributed by atoms with Crippen LogP contribution in [0.5, 0.6) is 0 Å². The van der Waals surface area contributed by atoms with E-state index in [0.29, 0.717) is 29.4 Å². The van der Waals surface area contributed by atoms with Crippen LogP contribution in [0.15, 0.2) is 53.7 Å². The zero-order chi connectivity index (χ0) is 26.9. The molecule has 1 aliphatic heterocycles. The Morgan fingerprint density at radius 2 is 1.89 bits per heavy atom. The van der Waals surface area contributed by atoms with Crippen LogP contribution < -0.4 is 10.8 Å². The normalized spacial score (nSPS) is 19.2. The molecule has 12 nitrogen and oxygen atoms in total. The van der Waals surface area contributed by atoms with Crippen LogP contribution in [0, 0.1) is 0 Å². The Morgan fingerprint density at radius 3 is 2.61 bits per heavy atom. The number of ether oxygens (including phenoxy) is 2. The van der Waals surface area contributed by atoms with E-state index in [0.717, 1.165) is 16.7 Å². The summed E-state index contributed by atoms with van der Waals surface area (Å²) in [7, 11) is 1.78. The quantitative estimate of drug-likeness (QED) is 0.161. The number of tetrazole rings is 1. The van der Waals surface area contributed by atoms with Crippen LogP contribution in [0.4, 0.5) is 5.69 Å². The summed E-state index contributed by atoms with van der Waals surface area (Å²) in [6.45, 7) is -0.0321. The third-order valence-electron chi connectivity index (χ3n) is 5.97. The van der Waals surface area contributed by atoms with Crippen LogP contribution in [-0.2, 0) is 32.7 Å². The molecule has 202 valence electrons. The SMILES string of the molecule is Cn1nnnc1SC[C@H]1C[C@@H](c2ccc(CO)cc2)O[C@@H](c2cccc(NC(=O)CCCC(=O)NO)c2)O1. The first kappa shape index (κ1) is 27.7. The zero-order valence-electron chi connectivity index (χ0n) is 20.8. The second kappa shape index (κ2) is 13.4. The molecule has 4 N–H and O–H groups in total. The molecule has 1 aliphatic rings. The lowest BCUT2D eigenvalue weighted by molar-refractivity contribution is -0.245. The number of aliphatic hydroxyl groups excluding tert-OH is 1. The van der Waals surface area contributed by atoms with E-state index in [1.807, 2.05) is 36.4 Å². The number of aryl methyl sites for hydroxylation is 1. The summed E-state index contributed by atoms with van der Waals surface area (Å²) in [6, 6.07) is 14.9. The molecule has 0 spiro atoms. The van der Waals surface area contributed by atoms with E-state index >= 15 is 0 Å². The van der Waals surface area contributed by atoms with Crippen LogP contribution in [0.1, 0.15) is 54.8 Å². The second-order valence-corrected chi connectivity index (χ2v) is 9.80. The van der Waals surface area contributed by atoms with Gasteiger partial charge >= 0.3 is 0 Å². The number of aromatic nitrogens is 4. The minimum Gasteiger partial charge on any atom is -0.392 e. The molecule has 1 fully saturated rings. The van der Waals surface area contributed by atoms with Crippen LogP contribution in [-0.4, -0.2) is 54.2 Å². The summed E-state index contributed by atoms with van der Waals surface area (Å²) < 4.78 is 14.3. The number of hydrogen-bond acceptors (Lipinski definition) is 10. The van der Waals surface area contributed by atoms with Crippen molar-refractivity contribution in [3.63, 3.8) is 0 Å². The van der Waals surface area contributed by atoms with Gasteiger partial charge in [-0.1, -0.05) is 48.2 Å². The minimum atomic E-state index is -0.681. The largest absolute Gasteiger partial charge is 0.392 e. The molecule has 0 saturated carbocycles. The van der Waals surface area contributed by atoms with Crippen molar-refractivity contribution in [3.8, 4) is 0 Å². The Bertz CT molecular complexity index is 1220. The monoisotopic (exact) mass is 542 g/mol. The standard InChI is InChI=1S/C25H30N6O6S/c1-31-25(27-29-30-31)38-15-20-13-21(17-10-8-16(14-32)9-11-17)37-24(36-20)18-4-2-5-19(12-18)26-22(33)6-3-7-23(34)28-35/h2,4-5,8-12,20-21,24,32,35H,3,6-7,13-15H2,1H3,(H,26,33)(H,28,34)/t20-,21+,24+/m1/s1. The van der Waals surface area contributed by atoms with Crippen molar-refractivity contribution in [2.24, 2.45) is 7.05 Å². The Balaban J connectivity index is 1.46. The maximum absolute atomic E-state index is 12.3. The number of carbonyl (C=O) groups excluding carboxylic acids is 2. The molecule has 4 rings (SSSR count). The van der Waals surface area contributed by atoms with Crippen molar-refractivity contribution < 1.29 is 29.4 Å². The van der Waals surface area contributed by atoms with Crippen molar-refractivity contribution >= 4 is 29.3 Å². The molecular formula is C25H30N6O6S. The average molecular weight is 543 g/mol. The maximum Gasteiger partial charge on any atom is 0.243 e. The van der Waals surface area contributed by atoms with Crippen molar-refractivity contribution in [1.29, 1.82) is 0 Å². The lowest BCUT2D eigenvalue weighted by Crippen LogP contribution is -2.31. The minimum absolute atomic E-state index is 0.0321. The van der Waals surface area contributed by atoms with Crippen LogP contribution in [0.2, 0.25) is 0 Å². The van der Waals surface area contributed by atoms with Gasteiger partial charge in [0, 0.05) is 43.3 Å². The molecule has 1 aromatic heterocycles. The van der Waals surface area contributed by atoms with Crippen molar-refractivity contribution in [1.82, 2.24) is 25.7 Å². The van der Waals surface area contributed by atoms with Gasteiger partial charge in [-0.25, -0.2) is 10.2 Å². The summed E-state index contributed by atoms with van der Waals surface area (Å²) in [5, 5.41) is 33.1. The average Bonchev–Trinajstić information content (AvgIpc) is 3.36. The van der Waals surface area contributed by atoms with Crippen molar-refractivity contribution in [2.45, 2.75) is 55.9 Å². The van der Waals surface area contributed by atoms with Crippen LogP contribution in [0.3, 0.4) is 0 Å². The lowest BCUT2D eigenvalue weighted by Gasteiger charge is -2.36. The molecule has 3 aromatic rings. The molecule has 38 heavy (non-hydrogen) atoms. The first-order chi connectivity index (χ1) is 18.4. The van der Waals surface area contributed by atoms with E-state index in [1.54, 1.807) is 29.3 Å². The fraction of sp³-hybridized carbons (Fsp3) is 0.400. The van der Waals surface area contributed by atoms with Gasteiger partial charge in [-0.3, -0.25) is 14.8 Å². The molecule has 0 bridgehead atoms. The molecular weight excluding hydrogens is 512 g/mol. The van der Waals surface area contributed by atoms with Crippen LogP contribution >= 0.6 is 11.8 Å². The van der Waals surface area contributed by atoms with Gasteiger partial charge in [-0.2, -0.15) is 0 Å². The number of nitrogens with zero attached hydrogens (tertiary/aromatic N) is 4. The Labute approximate surface area is 223 Å². The number of benzene rings is 2. The highest BCUT2D eigenvalue weighted by molar-refractivity contribution is 7.99. The summed E-state index contributed by atoms with van der Waals surface area (Å²) in [5.74, 6) is -0.168. The second-order valence-electron chi connectivity index (χ2n) is 8.81. The fourth-order valence-electron chi connectivity index (χ4n) is 3.99. The predicted octanol–water partition coefficient (Wildman–Crippen LogP) is 2.65. The number of thioether (sulfide) groups is 1. The highest BCUT2D eigenvalue weighted by atomic mass is 32.2. The highest BCUT2D eigenvalue weighted by Crippen LogP contribution is 2.39. The number of hydroxylamine groups is 1. The van der Waals surface area contributed by atoms with Gasteiger partial charge in [0.25, 0.3) is 0 Å². The first-order valence-corrected chi connectivity index (χ1v) is 13.1. The number of carbonyl (C=O) groups is 2. The Hall–Kier alpha value is -3.36. The third-order valence-corrected chi connectivity index (χ3v) is 7.11. The number of nitrogens with one attached hydrogen (secondary N) is 2. The smallest absolute Gasteiger partial charge is 0.243 e. The van der Waals surface area contributed by atoms with Crippen molar-refractivity contribution in [3.05, 3.63) is 65.2 Å². The number of hydrogen-bond donors (Lipinski definition) is 4. The first-order valence-electron chi connectivity index (χ1n) is 12.1. The topological polar surface area (TPSA) is 161 Å². The van der Waals surface area contributed by atoms with Gasteiger partial charge in [0.05, 0.1) is 18.8 Å². The predicted molar refractivity (Wildman–Crippen MR) is 137 cm³/mol. The summed E-state index contributed by atoms with van der Waals surface area (Å²) in [5.41, 5.74) is 4.67. The number of rotatable bonds is 11. The van der Waals surface area contributed by atoms with E-state index in [2.05, 4.69) is 20.8 Å². The van der Waals surface area contributed by atoms with Crippen molar-refractivity contribution in [2.75, 3.05) is 11.1 Å². The fourth-order valence-corrected chi connectivity index (χ4v) is 4.85. The molecule has 0 unspecified atom stereocenters. The molecule has 1 saturated heterocycles. The van der Waals surface area contributed by atoms with Gasteiger partial charge in [0.15, 0.2) is 6.29 Å². The summed E-state index contributed by atoms with van der Waals surface area (Å²) in [6.07, 6.45) is 0.0118. The number of anilines is 1. The molecule has 2 heterocycles. The lowest BCUT2D eigenvalue weighted by atomic mass is 10.0. The number of aliphatic hydroxyl groups is 1. The number of amides is 2. The maximum atomic E-state index is 12.3.